The summed E-state index contributed by atoms with van der Waals surface area (Å²) in [6.45, 7) is 9.59. The molecule has 0 spiro atoms. The molecule has 106 valence electrons. The first-order valence-corrected chi connectivity index (χ1v) is 7.50. The number of ether oxygens (including phenoxy) is 1. The van der Waals surface area contributed by atoms with Gasteiger partial charge in [0.2, 0.25) is 0 Å². The number of unbranched alkanes of at least 4 members (excludes halogenated alkanes) is 1. The van der Waals surface area contributed by atoms with Crippen molar-refractivity contribution in [1.82, 2.24) is 5.32 Å². The van der Waals surface area contributed by atoms with Crippen molar-refractivity contribution < 1.29 is 4.74 Å². The topological polar surface area (TPSA) is 24.5 Å². The summed E-state index contributed by atoms with van der Waals surface area (Å²) >= 11 is 0. The third-order valence-electron chi connectivity index (χ3n) is 3.62. The lowest BCUT2D eigenvalue weighted by atomic mass is 10.2. The second-order valence-corrected chi connectivity index (χ2v) is 5.24. The maximum Gasteiger partial charge on any atom is 0.122 e. The molecule has 3 nitrogen and oxygen atoms in total. The van der Waals surface area contributed by atoms with Crippen molar-refractivity contribution >= 4 is 5.69 Å². The number of nitrogens with zero attached hydrogens (tertiary/aromatic N) is 1. The fourth-order valence-corrected chi connectivity index (χ4v) is 2.42. The molecule has 1 aromatic carbocycles. The molecule has 1 heterocycles. The van der Waals surface area contributed by atoms with E-state index < -0.39 is 0 Å². The number of rotatable bonds is 5. The van der Waals surface area contributed by atoms with E-state index in [1.54, 1.807) is 0 Å². The summed E-state index contributed by atoms with van der Waals surface area (Å²) in [5.41, 5.74) is 2.56. The Morgan fingerprint density at radius 3 is 2.95 bits per heavy atom. The highest BCUT2D eigenvalue weighted by molar-refractivity contribution is 5.53. The van der Waals surface area contributed by atoms with Crippen LogP contribution in [0.4, 0.5) is 5.69 Å². The lowest BCUT2D eigenvalue weighted by molar-refractivity contribution is 0.307. The molecule has 0 aliphatic carbocycles. The Hall–Kier alpha value is -1.22. The average molecular weight is 262 g/mol. The lowest BCUT2D eigenvalue weighted by Gasteiger charge is -2.23. The Labute approximate surface area is 116 Å². The number of aryl methyl sites for hydroxylation is 1. The molecule has 1 fully saturated rings. The van der Waals surface area contributed by atoms with Gasteiger partial charge >= 0.3 is 0 Å². The van der Waals surface area contributed by atoms with E-state index in [9.17, 15) is 0 Å². The predicted molar refractivity (Wildman–Crippen MR) is 81.3 cm³/mol. The van der Waals surface area contributed by atoms with Gasteiger partial charge in [0.15, 0.2) is 0 Å². The number of nitrogens with one attached hydrogen (secondary N) is 1. The fourth-order valence-electron chi connectivity index (χ4n) is 2.42. The minimum Gasteiger partial charge on any atom is -0.493 e. The van der Waals surface area contributed by atoms with Gasteiger partial charge in [-0.1, -0.05) is 13.3 Å². The highest BCUT2D eigenvalue weighted by Gasteiger charge is 2.10. The Morgan fingerprint density at radius 1 is 1.26 bits per heavy atom. The summed E-state index contributed by atoms with van der Waals surface area (Å²) in [6, 6.07) is 6.57. The van der Waals surface area contributed by atoms with Crippen molar-refractivity contribution in [2.24, 2.45) is 0 Å². The zero-order chi connectivity index (χ0) is 13.5. The minimum atomic E-state index is 0.824. The van der Waals surface area contributed by atoms with E-state index >= 15 is 0 Å². The molecule has 0 aromatic heterocycles. The first-order chi connectivity index (χ1) is 9.31. The van der Waals surface area contributed by atoms with Crippen molar-refractivity contribution in [3.63, 3.8) is 0 Å². The summed E-state index contributed by atoms with van der Waals surface area (Å²) in [6.07, 6.45) is 3.52. The molecule has 2 rings (SSSR count). The molecule has 3 heteroatoms. The van der Waals surface area contributed by atoms with E-state index in [1.807, 2.05) is 0 Å². The standard InChI is InChI=1S/C16H26N2O/c1-3-4-12-19-16-7-6-15(13-14(16)2)18-10-5-8-17-9-11-18/h6-7,13,17H,3-5,8-12H2,1-2H3. The third-order valence-corrected chi connectivity index (χ3v) is 3.62. The molecular weight excluding hydrogens is 236 g/mol. The Bertz CT molecular complexity index is 384. The quantitative estimate of drug-likeness (QED) is 0.826. The van der Waals surface area contributed by atoms with Crippen LogP contribution >= 0.6 is 0 Å². The van der Waals surface area contributed by atoms with E-state index in [0.717, 1.165) is 45.0 Å². The van der Waals surface area contributed by atoms with E-state index in [1.165, 1.54) is 24.1 Å². The number of hydrogen-bond acceptors (Lipinski definition) is 3. The molecule has 0 radical (unpaired) electrons. The van der Waals surface area contributed by atoms with E-state index in [2.05, 4.69) is 42.3 Å². The highest BCUT2D eigenvalue weighted by atomic mass is 16.5. The fraction of sp³-hybridized carbons (Fsp3) is 0.625. The molecule has 0 bridgehead atoms. The summed E-state index contributed by atoms with van der Waals surface area (Å²) in [7, 11) is 0. The van der Waals surface area contributed by atoms with E-state index in [0.29, 0.717) is 0 Å². The van der Waals surface area contributed by atoms with Gasteiger partial charge in [-0.2, -0.15) is 0 Å². The monoisotopic (exact) mass is 262 g/mol. The van der Waals surface area contributed by atoms with Gasteiger partial charge in [-0.15, -0.1) is 0 Å². The van der Waals surface area contributed by atoms with Gasteiger partial charge in [0.25, 0.3) is 0 Å². The van der Waals surface area contributed by atoms with E-state index in [4.69, 9.17) is 4.74 Å². The van der Waals surface area contributed by atoms with Crippen molar-refractivity contribution in [2.45, 2.75) is 33.1 Å². The molecule has 0 amide bonds. The minimum absolute atomic E-state index is 0.824. The SMILES string of the molecule is CCCCOc1ccc(N2CCCNCC2)cc1C. The molecule has 19 heavy (non-hydrogen) atoms. The predicted octanol–water partition coefficient (Wildman–Crippen LogP) is 2.97. The maximum absolute atomic E-state index is 5.81. The molecule has 0 saturated carbocycles. The number of benzene rings is 1. The van der Waals surface area contributed by atoms with Gasteiger partial charge in [-0.05, 0) is 50.1 Å². The molecule has 0 atom stereocenters. The largest absolute Gasteiger partial charge is 0.493 e. The molecule has 1 aromatic rings. The zero-order valence-electron chi connectivity index (χ0n) is 12.2. The van der Waals surface area contributed by atoms with Crippen LogP contribution in [0.2, 0.25) is 0 Å². The van der Waals surface area contributed by atoms with Gasteiger partial charge in [-0.25, -0.2) is 0 Å². The lowest BCUT2D eigenvalue weighted by Crippen LogP contribution is -2.27. The average Bonchev–Trinajstić information content (AvgIpc) is 2.70. The number of hydrogen-bond donors (Lipinski definition) is 1. The van der Waals surface area contributed by atoms with Gasteiger partial charge < -0.3 is 15.0 Å². The first kappa shape index (κ1) is 14.2. The van der Waals surface area contributed by atoms with E-state index in [-0.39, 0.29) is 0 Å². The first-order valence-electron chi connectivity index (χ1n) is 7.50. The second-order valence-electron chi connectivity index (χ2n) is 5.24. The zero-order valence-corrected chi connectivity index (χ0v) is 12.2. The van der Waals surface area contributed by atoms with Crippen molar-refractivity contribution in [3.05, 3.63) is 23.8 Å². The molecule has 1 aliphatic heterocycles. The molecular formula is C16H26N2O. The maximum atomic E-state index is 5.81. The molecule has 1 N–H and O–H groups in total. The Balaban J connectivity index is 2.00. The van der Waals surface area contributed by atoms with Crippen LogP contribution in [0.1, 0.15) is 31.7 Å². The molecule has 1 saturated heterocycles. The third kappa shape index (κ3) is 4.13. The van der Waals surface area contributed by atoms with Crippen LogP contribution in [0, 0.1) is 6.92 Å². The second kappa shape index (κ2) is 7.39. The highest BCUT2D eigenvalue weighted by Crippen LogP contribution is 2.25. The summed E-state index contributed by atoms with van der Waals surface area (Å²) in [5.74, 6) is 1.03. The molecule has 1 aliphatic rings. The van der Waals surface area contributed by atoms with Gasteiger partial charge in [0, 0.05) is 25.3 Å². The van der Waals surface area contributed by atoms with Crippen molar-refractivity contribution in [2.75, 3.05) is 37.7 Å². The van der Waals surface area contributed by atoms with Crippen LogP contribution in [0.3, 0.4) is 0 Å². The Morgan fingerprint density at radius 2 is 2.16 bits per heavy atom. The van der Waals surface area contributed by atoms with Crippen molar-refractivity contribution in [1.29, 1.82) is 0 Å². The summed E-state index contributed by atoms with van der Waals surface area (Å²) in [4.78, 5) is 2.46. The van der Waals surface area contributed by atoms with Crippen LogP contribution in [0.5, 0.6) is 5.75 Å². The van der Waals surface area contributed by atoms with Crippen LogP contribution in [0.15, 0.2) is 18.2 Å². The number of anilines is 1. The van der Waals surface area contributed by atoms with Crippen LogP contribution in [-0.2, 0) is 0 Å². The summed E-state index contributed by atoms with van der Waals surface area (Å²) in [5, 5.41) is 3.44. The van der Waals surface area contributed by atoms with Gasteiger partial charge in [0.05, 0.1) is 6.61 Å². The smallest absolute Gasteiger partial charge is 0.122 e. The Kier molecular flexibility index (Phi) is 5.52. The van der Waals surface area contributed by atoms with Crippen LogP contribution in [0.25, 0.3) is 0 Å². The van der Waals surface area contributed by atoms with Crippen LogP contribution in [-0.4, -0.2) is 32.8 Å². The van der Waals surface area contributed by atoms with Crippen molar-refractivity contribution in [3.8, 4) is 5.75 Å². The summed E-state index contributed by atoms with van der Waals surface area (Å²) < 4.78 is 5.81. The van der Waals surface area contributed by atoms with Gasteiger partial charge in [0.1, 0.15) is 5.75 Å². The van der Waals surface area contributed by atoms with Crippen LogP contribution < -0.4 is 15.0 Å². The van der Waals surface area contributed by atoms with Gasteiger partial charge in [-0.3, -0.25) is 0 Å². The molecule has 0 unspecified atom stereocenters. The normalized spacial score (nSPS) is 16.2.